The lowest BCUT2D eigenvalue weighted by atomic mass is 10.2. The number of hydrogen-bond acceptors (Lipinski definition) is 5. The van der Waals surface area contributed by atoms with Gasteiger partial charge in [0.25, 0.3) is 11.5 Å². The van der Waals surface area contributed by atoms with Crippen molar-refractivity contribution in [3.05, 3.63) is 117 Å². The Balaban J connectivity index is 1.33. The Kier molecular flexibility index (Phi) is 7.01. The van der Waals surface area contributed by atoms with Gasteiger partial charge in [-0.15, -0.1) is 0 Å². The SMILES string of the molecule is CC(=O)N(c1ccc(Cn2ccccc2=O)cc1)c1cccc(C(=O)NCc2n[nH]c3ccc(Cl)cc23)n1. The molecule has 0 radical (unpaired) electrons. The molecule has 5 rings (SSSR count). The van der Waals surface area contributed by atoms with E-state index in [4.69, 9.17) is 11.6 Å². The van der Waals surface area contributed by atoms with Crippen molar-refractivity contribution < 1.29 is 9.59 Å². The van der Waals surface area contributed by atoms with Gasteiger partial charge in [0.2, 0.25) is 5.91 Å². The number of rotatable bonds is 7. The first-order chi connectivity index (χ1) is 18.4. The summed E-state index contributed by atoms with van der Waals surface area (Å²) in [5.41, 5.74) is 3.02. The van der Waals surface area contributed by atoms with Gasteiger partial charge in [-0.25, -0.2) is 4.98 Å². The lowest BCUT2D eigenvalue weighted by Gasteiger charge is -2.21. The van der Waals surface area contributed by atoms with Gasteiger partial charge in [-0.2, -0.15) is 5.10 Å². The van der Waals surface area contributed by atoms with Crippen molar-refractivity contribution in [3.8, 4) is 0 Å². The Morgan fingerprint density at radius 3 is 2.61 bits per heavy atom. The van der Waals surface area contributed by atoms with Crippen LogP contribution in [0.25, 0.3) is 10.9 Å². The Morgan fingerprint density at radius 1 is 1.03 bits per heavy atom. The highest BCUT2D eigenvalue weighted by atomic mass is 35.5. The number of aromatic nitrogens is 4. The monoisotopic (exact) mass is 526 g/mol. The van der Waals surface area contributed by atoms with Crippen LogP contribution in [0.15, 0.2) is 89.9 Å². The smallest absolute Gasteiger partial charge is 0.270 e. The second-order valence-electron chi connectivity index (χ2n) is 8.61. The molecule has 2 amide bonds. The van der Waals surface area contributed by atoms with Crippen LogP contribution in [-0.2, 0) is 17.9 Å². The molecule has 2 aromatic carbocycles. The van der Waals surface area contributed by atoms with Gasteiger partial charge in [-0.05, 0) is 54.1 Å². The fraction of sp³-hybridized carbons (Fsp3) is 0.107. The van der Waals surface area contributed by atoms with Crippen molar-refractivity contribution in [1.82, 2.24) is 25.1 Å². The second kappa shape index (κ2) is 10.7. The van der Waals surface area contributed by atoms with E-state index in [1.807, 2.05) is 18.2 Å². The molecule has 0 aliphatic carbocycles. The largest absolute Gasteiger partial charge is 0.345 e. The number of amides is 2. The van der Waals surface area contributed by atoms with Crippen molar-refractivity contribution in [2.45, 2.75) is 20.0 Å². The maximum Gasteiger partial charge on any atom is 0.270 e. The zero-order valence-electron chi connectivity index (χ0n) is 20.4. The Bertz CT molecular complexity index is 1690. The first-order valence-corrected chi connectivity index (χ1v) is 12.2. The molecule has 0 spiro atoms. The van der Waals surface area contributed by atoms with Crippen LogP contribution in [-0.4, -0.2) is 31.6 Å². The topological polar surface area (TPSA) is 113 Å². The van der Waals surface area contributed by atoms with Crippen LogP contribution in [0.1, 0.15) is 28.7 Å². The zero-order valence-corrected chi connectivity index (χ0v) is 21.1. The number of carbonyl (C=O) groups excluding carboxylic acids is 2. The number of halogens is 1. The van der Waals surface area contributed by atoms with E-state index in [9.17, 15) is 14.4 Å². The van der Waals surface area contributed by atoms with Gasteiger partial charge >= 0.3 is 0 Å². The molecule has 0 aliphatic heterocycles. The molecule has 3 aromatic heterocycles. The lowest BCUT2D eigenvalue weighted by molar-refractivity contribution is -0.115. The molecular weight excluding hydrogens is 504 g/mol. The standard InChI is InChI=1S/C28H23ClN6O3/c1-18(36)35(21-11-8-19(9-12-21)17-34-14-3-2-7-27(34)37)26-6-4-5-24(31-26)28(38)30-16-25-22-15-20(29)10-13-23(22)32-33-25/h2-15H,16-17H2,1H3,(H,30,38)(H,32,33). The third-order valence-corrected chi connectivity index (χ3v) is 6.21. The molecule has 190 valence electrons. The van der Waals surface area contributed by atoms with E-state index < -0.39 is 5.91 Å². The molecule has 0 fully saturated rings. The first-order valence-electron chi connectivity index (χ1n) is 11.8. The highest BCUT2D eigenvalue weighted by Gasteiger charge is 2.18. The van der Waals surface area contributed by atoms with Crippen LogP contribution in [0.3, 0.4) is 0 Å². The number of anilines is 2. The molecule has 0 atom stereocenters. The Hall–Kier alpha value is -4.76. The highest BCUT2D eigenvalue weighted by Crippen LogP contribution is 2.25. The van der Waals surface area contributed by atoms with E-state index in [0.717, 1.165) is 16.5 Å². The first kappa shape index (κ1) is 24.9. The second-order valence-corrected chi connectivity index (χ2v) is 9.05. The molecule has 0 bridgehead atoms. The quantitative estimate of drug-likeness (QED) is 0.325. The number of carbonyl (C=O) groups is 2. The third kappa shape index (κ3) is 5.33. The van der Waals surface area contributed by atoms with Gasteiger partial charge in [-0.3, -0.25) is 24.4 Å². The van der Waals surface area contributed by atoms with Crippen molar-refractivity contribution in [3.63, 3.8) is 0 Å². The maximum atomic E-state index is 12.9. The minimum Gasteiger partial charge on any atom is -0.345 e. The average Bonchev–Trinajstić information content (AvgIpc) is 3.31. The number of benzene rings is 2. The van der Waals surface area contributed by atoms with E-state index in [0.29, 0.717) is 28.8 Å². The van der Waals surface area contributed by atoms with Crippen molar-refractivity contribution in [2.24, 2.45) is 0 Å². The van der Waals surface area contributed by atoms with E-state index >= 15 is 0 Å². The molecule has 5 aromatic rings. The summed E-state index contributed by atoms with van der Waals surface area (Å²) < 4.78 is 1.60. The van der Waals surface area contributed by atoms with E-state index in [2.05, 4.69) is 20.5 Å². The fourth-order valence-electron chi connectivity index (χ4n) is 4.12. The number of H-pyrrole nitrogens is 1. The number of nitrogens with one attached hydrogen (secondary N) is 2. The molecule has 9 nitrogen and oxygen atoms in total. The van der Waals surface area contributed by atoms with Crippen molar-refractivity contribution in [2.75, 3.05) is 4.90 Å². The number of nitrogens with zero attached hydrogens (tertiary/aromatic N) is 4. The predicted octanol–water partition coefficient (Wildman–Crippen LogP) is 4.44. The van der Waals surface area contributed by atoms with Crippen LogP contribution in [0.5, 0.6) is 0 Å². The molecule has 0 saturated heterocycles. The van der Waals surface area contributed by atoms with Gasteiger partial charge in [-0.1, -0.05) is 35.9 Å². The number of pyridine rings is 2. The molecule has 0 saturated carbocycles. The molecule has 0 unspecified atom stereocenters. The third-order valence-electron chi connectivity index (χ3n) is 5.98. The van der Waals surface area contributed by atoms with Gasteiger partial charge in [0.05, 0.1) is 30.0 Å². The summed E-state index contributed by atoms with van der Waals surface area (Å²) in [6.45, 7) is 2.01. The maximum absolute atomic E-state index is 12.9. The molecule has 3 heterocycles. The fourth-order valence-corrected chi connectivity index (χ4v) is 4.29. The number of aromatic amines is 1. The summed E-state index contributed by atoms with van der Waals surface area (Å²) in [6, 6.07) is 22.6. The average molecular weight is 527 g/mol. The summed E-state index contributed by atoms with van der Waals surface area (Å²) in [5.74, 6) is -0.353. The summed E-state index contributed by atoms with van der Waals surface area (Å²) in [5, 5.41) is 11.4. The van der Waals surface area contributed by atoms with Crippen LogP contribution >= 0.6 is 11.6 Å². The van der Waals surface area contributed by atoms with Gasteiger partial charge in [0.1, 0.15) is 11.5 Å². The summed E-state index contributed by atoms with van der Waals surface area (Å²) in [6.07, 6.45) is 1.72. The Morgan fingerprint density at radius 2 is 1.84 bits per heavy atom. The normalized spacial score (nSPS) is 10.9. The zero-order chi connectivity index (χ0) is 26.6. The van der Waals surface area contributed by atoms with Gasteiger partial charge in [0.15, 0.2) is 0 Å². The minimum atomic E-state index is -0.405. The lowest BCUT2D eigenvalue weighted by Crippen LogP contribution is -2.27. The highest BCUT2D eigenvalue weighted by molar-refractivity contribution is 6.31. The van der Waals surface area contributed by atoms with Crippen LogP contribution in [0, 0.1) is 0 Å². The summed E-state index contributed by atoms with van der Waals surface area (Å²) >= 11 is 6.10. The van der Waals surface area contributed by atoms with E-state index in [1.165, 1.54) is 17.9 Å². The number of hydrogen-bond donors (Lipinski definition) is 2. The van der Waals surface area contributed by atoms with Crippen LogP contribution in [0.2, 0.25) is 5.02 Å². The number of fused-ring (bicyclic) bond motifs is 1. The predicted molar refractivity (Wildman–Crippen MR) is 146 cm³/mol. The van der Waals surface area contributed by atoms with E-state index in [1.54, 1.807) is 65.4 Å². The Labute approximate surface area is 222 Å². The van der Waals surface area contributed by atoms with Crippen molar-refractivity contribution >= 4 is 45.8 Å². The molecule has 2 N–H and O–H groups in total. The van der Waals surface area contributed by atoms with Gasteiger partial charge < -0.3 is 9.88 Å². The summed E-state index contributed by atoms with van der Waals surface area (Å²) in [7, 11) is 0. The van der Waals surface area contributed by atoms with Crippen molar-refractivity contribution in [1.29, 1.82) is 0 Å². The summed E-state index contributed by atoms with van der Waals surface area (Å²) in [4.78, 5) is 43.4. The van der Waals surface area contributed by atoms with E-state index in [-0.39, 0.29) is 23.7 Å². The molecule has 38 heavy (non-hydrogen) atoms. The molecule has 0 aliphatic rings. The van der Waals surface area contributed by atoms with Gasteiger partial charge in [0, 0.05) is 29.6 Å². The minimum absolute atomic E-state index is 0.0921. The molecule has 10 heteroatoms. The van der Waals surface area contributed by atoms with Crippen LogP contribution in [0.4, 0.5) is 11.5 Å². The van der Waals surface area contributed by atoms with Crippen LogP contribution < -0.4 is 15.8 Å². The molecular formula is C28H23ClN6O3.